The average molecular weight is 323 g/mol. The molecule has 0 aromatic carbocycles. The van der Waals surface area contributed by atoms with Gasteiger partial charge in [-0.1, -0.05) is 30.3 Å². The Hall–Kier alpha value is -1.35. The average Bonchev–Trinajstić information content (AvgIpc) is 2.94. The molecule has 0 saturated heterocycles. The van der Waals surface area contributed by atoms with Crippen molar-refractivity contribution in [2.45, 2.75) is 32.8 Å². The number of rotatable bonds is 9. The molecule has 1 amide bonds. The maximum absolute atomic E-state index is 13.2. The molecule has 0 fully saturated rings. The SMILES string of the molecule is CCCN(CCC)C(=O)COc1nnc(C(F)(F)OC)s1. The van der Waals surface area contributed by atoms with E-state index in [-0.39, 0.29) is 17.7 Å². The number of amides is 1. The molecule has 1 aromatic heterocycles. The van der Waals surface area contributed by atoms with E-state index in [1.54, 1.807) is 4.90 Å². The molecule has 1 rings (SSSR count). The van der Waals surface area contributed by atoms with E-state index in [1.807, 2.05) is 13.8 Å². The van der Waals surface area contributed by atoms with Crippen molar-refractivity contribution in [3.05, 3.63) is 5.01 Å². The van der Waals surface area contributed by atoms with Crippen molar-refractivity contribution in [1.29, 1.82) is 0 Å². The monoisotopic (exact) mass is 323 g/mol. The molecule has 0 radical (unpaired) electrons. The normalized spacial score (nSPS) is 11.5. The molecular weight excluding hydrogens is 304 g/mol. The topological polar surface area (TPSA) is 64.6 Å². The molecule has 0 aliphatic rings. The Morgan fingerprint density at radius 2 is 1.90 bits per heavy atom. The smallest absolute Gasteiger partial charge is 0.411 e. The van der Waals surface area contributed by atoms with Gasteiger partial charge < -0.3 is 14.4 Å². The van der Waals surface area contributed by atoms with Gasteiger partial charge in [0.25, 0.3) is 11.1 Å². The second-order valence-electron chi connectivity index (χ2n) is 4.26. The summed E-state index contributed by atoms with van der Waals surface area (Å²) in [5.74, 6) is -0.200. The van der Waals surface area contributed by atoms with E-state index < -0.39 is 11.1 Å². The third-order valence-electron chi connectivity index (χ3n) is 2.57. The lowest BCUT2D eigenvalue weighted by molar-refractivity contribution is -0.231. The van der Waals surface area contributed by atoms with Gasteiger partial charge in [0.05, 0.1) is 0 Å². The summed E-state index contributed by atoms with van der Waals surface area (Å²) in [5, 5.41) is 6.08. The minimum absolute atomic E-state index is 0.0805. The highest BCUT2D eigenvalue weighted by molar-refractivity contribution is 7.13. The van der Waals surface area contributed by atoms with Gasteiger partial charge in [-0.15, -0.1) is 5.10 Å². The highest BCUT2D eigenvalue weighted by Gasteiger charge is 2.36. The zero-order chi connectivity index (χ0) is 15.9. The Kier molecular flexibility index (Phi) is 6.90. The lowest BCUT2D eigenvalue weighted by atomic mass is 10.3. The largest absolute Gasteiger partial charge is 0.459 e. The second kappa shape index (κ2) is 8.18. The molecule has 0 atom stereocenters. The van der Waals surface area contributed by atoms with Gasteiger partial charge in [-0.2, -0.15) is 8.78 Å². The first-order valence-corrected chi connectivity index (χ1v) is 7.43. The van der Waals surface area contributed by atoms with Gasteiger partial charge in [-0.25, -0.2) is 0 Å². The summed E-state index contributed by atoms with van der Waals surface area (Å²) >= 11 is 0.555. The van der Waals surface area contributed by atoms with Crippen molar-refractivity contribution in [2.75, 3.05) is 26.8 Å². The number of methoxy groups -OCH3 is 1. The number of hydrogen-bond donors (Lipinski definition) is 0. The highest BCUT2D eigenvalue weighted by Crippen LogP contribution is 2.33. The minimum Gasteiger partial charge on any atom is -0.459 e. The van der Waals surface area contributed by atoms with Crippen LogP contribution >= 0.6 is 11.3 Å². The van der Waals surface area contributed by atoms with Crippen LogP contribution in [0.3, 0.4) is 0 Å². The molecule has 0 saturated carbocycles. The molecule has 1 heterocycles. The van der Waals surface area contributed by atoms with Gasteiger partial charge in [0.2, 0.25) is 5.01 Å². The Bertz CT molecular complexity index is 451. The lowest BCUT2D eigenvalue weighted by Crippen LogP contribution is -2.36. The highest BCUT2D eigenvalue weighted by atomic mass is 32.1. The fourth-order valence-corrected chi connectivity index (χ4v) is 2.24. The van der Waals surface area contributed by atoms with Crippen LogP contribution < -0.4 is 4.74 Å². The molecular formula is C12H19F2N3O3S. The third-order valence-corrected chi connectivity index (χ3v) is 3.46. The molecule has 1 aromatic rings. The van der Waals surface area contributed by atoms with Gasteiger partial charge in [-0.3, -0.25) is 4.79 Å². The first-order valence-electron chi connectivity index (χ1n) is 6.62. The van der Waals surface area contributed by atoms with E-state index in [4.69, 9.17) is 4.74 Å². The van der Waals surface area contributed by atoms with E-state index in [2.05, 4.69) is 14.9 Å². The van der Waals surface area contributed by atoms with E-state index in [0.29, 0.717) is 24.4 Å². The van der Waals surface area contributed by atoms with Crippen LogP contribution in [0.15, 0.2) is 0 Å². The molecule has 9 heteroatoms. The van der Waals surface area contributed by atoms with Gasteiger partial charge in [0, 0.05) is 20.2 Å². The Labute approximate surface area is 126 Å². The summed E-state index contributed by atoms with van der Waals surface area (Å²) in [6, 6.07) is 0. The zero-order valence-electron chi connectivity index (χ0n) is 12.3. The van der Waals surface area contributed by atoms with Crippen LogP contribution in [0.1, 0.15) is 31.7 Å². The Morgan fingerprint density at radius 1 is 1.29 bits per heavy atom. The van der Waals surface area contributed by atoms with Crippen molar-refractivity contribution in [2.24, 2.45) is 0 Å². The van der Waals surface area contributed by atoms with Crippen molar-refractivity contribution in [3.63, 3.8) is 0 Å². The number of halogens is 2. The lowest BCUT2D eigenvalue weighted by Gasteiger charge is -2.20. The number of alkyl halides is 2. The molecule has 21 heavy (non-hydrogen) atoms. The molecule has 0 aliphatic carbocycles. The van der Waals surface area contributed by atoms with E-state index >= 15 is 0 Å². The van der Waals surface area contributed by atoms with Gasteiger partial charge >= 0.3 is 6.11 Å². The van der Waals surface area contributed by atoms with Crippen LogP contribution in [-0.2, 0) is 15.6 Å². The minimum atomic E-state index is -3.50. The molecule has 0 unspecified atom stereocenters. The van der Waals surface area contributed by atoms with E-state index in [9.17, 15) is 13.6 Å². The van der Waals surface area contributed by atoms with Crippen LogP contribution in [0.5, 0.6) is 5.19 Å². The van der Waals surface area contributed by atoms with Crippen molar-refractivity contribution in [1.82, 2.24) is 15.1 Å². The molecule has 0 bridgehead atoms. The number of ether oxygens (including phenoxy) is 2. The van der Waals surface area contributed by atoms with Crippen molar-refractivity contribution < 1.29 is 23.0 Å². The molecule has 6 nitrogen and oxygen atoms in total. The predicted octanol–water partition coefficient (Wildman–Crippen LogP) is 2.26. The molecule has 0 spiro atoms. The maximum Gasteiger partial charge on any atom is 0.411 e. The van der Waals surface area contributed by atoms with Crippen LogP contribution in [0.4, 0.5) is 8.78 Å². The van der Waals surface area contributed by atoms with Crippen molar-refractivity contribution in [3.8, 4) is 5.19 Å². The second-order valence-corrected chi connectivity index (χ2v) is 5.20. The summed E-state index contributed by atoms with van der Waals surface area (Å²) < 4.78 is 35.5. The predicted molar refractivity (Wildman–Crippen MR) is 73.5 cm³/mol. The summed E-state index contributed by atoms with van der Waals surface area (Å²) in [7, 11) is 0.874. The number of nitrogens with zero attached hydrogens (tertiary/aromatic N) is 3. The third kappa shape index (κ3) is 5.16. The van der Waals surface area contributed by atoms with Crippen LogP contribution in [0.2, 0.25) is 0 Å². The molecule has 0 N–H and O–H groups in total. The standard InChI is InChI=1S/C12H19F2N3O3S/c1-4-6-17(7-5-2)9(18)8-20-11-16-15-10(21-11)12(13,14)19-3/h4-8H2,1-3H3. The van der Waals surface area contributed by atoms with Crippen LogP contribution in [0, 0.1) is 0 Å². The van der Waals surface area contributed by atoms with E-state index in [1.165, 1.54) is 0 Å². The van der Waals surface area contributed by atoms with E-state index in [0.717, 1.165) is 20.0 Å². The summed E-state index contributed by atoms with van der Waals surface area (Å²) in [4.78, 5) is 13.6. The van der Waals surface area contributed by atoms with Gasteiger partial charge in [-0.05, 0) is 12.8 Å². The number of aromatic nitrogens is 2. The Balaban J connectivity index is 2.57. The van der Waals surface area contributed by atoms with Gasteiger partial charge in [0.15, 0.2) is 6.61 Å². The van der Waals surface area contributed by atoms with Crippen molar-refractivity contribution >= 4 is 17.2 Å². The molecule has 0 aliphatic heterocycles. The first-order chi connectivity index (χ1) is 9.94. The zero-order valence-corrected chi connectivity index (χ0v) is 13.1. The first kappa shape index (κ1) is 17.7. The number of carbonyl (C=O) groups is 1. The maximum atomic E-state index is 13.2. The summed E-state index contributed by atoms with van der Waals surface area (Å²) in [5.41, 5.74) is 0. The molecule has 120 valence electrons. The fourth-order valence-electron chi connectivity index (χ4n) is 1.59. The Morgan fingerprint density at radius 3 is 2.43 bits per heavy atom. The summed E-state index contributed by atoms with van der Waals surface area (Å²) in [6.07, 6.45) is -1.82. The summed E-state index contributed by atoms with van der Waals surface area (Å²) in [6.45, 7) is 4.98. The fraction of sp³-hybridized carbons (Fsp3) is 0.750. The number of hydrogen-bond acceptors (Lipinski definition) is 6. The van der Waals surface area contributed by atoms with Crippen LogP contribution in [-0.4, -0.2) is 47.8 Å². The quantitative estimate of drug-likeness (QED) is 0.697. The van der Waals surface area contributed by atoms with Crippen LogP contribution in [0.25, 0.3) is 0 Å². The number of carbonyl (C=O) groups excluding carboxylic acids is 1. The van der Waals surface area contributed by atoms with Gasteiger partial charge in [0.1, 0.15) is 0 Å².